The van der Waals surface area contributed by atoms with Crippen LogP contribution in [-0.4, -0.2) is 29.3 Å². The molecule has 1 aliphatic heterocycles. The lowest BCUT2D eigenvalue weighted by atomic mass is 9.70. The molecule has 39 heavy (non-hydrogen) atoms. The highest BCUT2D eigenvalue weighted by molar-refractivity contribution is 6.11. The highest BCUT2D eigenvalue weighted by Crippen LogP contribution is 2.45. The Morgan fingerprint density at radius 2 is 1.82 bits per heavy atom. The molecule has 0 aromatic heterocycles. The highest BCUT2D eigenvalue weighted by atomic mass is 19.4. The number of imide groups is 1. The number of benzene rings is 2. The smallest absolute Gasteiger partial charge is 0.337 e. The van der Waals surface area contributed by atoms with Gasteiger partial charge >= 0.3 is 18.2 Å². The Morgan fingerprint density at radius 1 is 1.10 bits per heavy atom. The van der Waals surface area contributed by atoms with Crippen molar-refractivity contribution in [1.29, 1.82) is 5.26 Å². The first-order valence-electron chi connectivity index (χ1n) is 12.9. The van der Waals surface area contributed by atoms with Crippen molar-refractivity contribution in [2.75, 3.05) is 11.4 Å². The molecule has 0 spiro atoms. The van der Waals surface area contributed by atoms with E-state index in [2.05, 4.69) is 5.32 Å². The summed E-state index contributed by atoms with van der Waals surface area (Å²) in [6.07, 6.45) is -0.876. The van der Waals surface area contributed by atoms with E-state index in [0.717, 1.165) is 41.2 Å². The predicted octanol–water partition coefficient (Wildman–Crippen LogP) is 6.47. The number of nitrogens with one attached hydrogen (secondary N) is 1. The first-order valence-corrected chi connectivity index (χ1v) is 12.9. The van der Waals surface area contributed by atoms with E-state index in [-0.39, 0.29) is 35.3 Å². The third-order valence-electron chi connectivity index (χ3n) is 7.86. The van der Waals surface area contributed by atoms with Crippen LogP contribution in [0.1, 0.15) is 68.2 Å². The maximum Gasteiger partial charge on any atom is 0.416 e. The lowest BCUT2D eigenvalue weighted by molar-refractivity contribution is -0.137. The van der Waals surface area contributed by atoms with Gasteiger partial charge in [-0.3, -0.25) is 9.69 Å². The zero-order chi connectivity index (χ0) is 27.9. The van der Waals surface area contributed by atoms with Crippen molar-refractivity contribution in [1.82, 2.24) is 10.2 Å². The molecule has 0 saturated heterocycles. The van der Waals surface area contributed by atoms with Crippen LogP contribution in [-0.2, 0) is 11.0 Å². The predicted molar refractivity (Wildman–Crippen MR) is 136 cm³/mol. The quantitative estimate of drug-likeness (QED) is 0.485. The fraction of sp³-hybridized carbons (Fsp3) is 0.379. The summed E-state index contributed by atoms with van der Waals surface area (Å²) < 4.78 is 40.7. The van der Waals surface area contributed by atoms with Crippen LogP contribution in [0.3, 0.4) is 0 Å². The number of ketones is 1. The van der Waals surface area contributed by atoms with Crippen LogP contribution < -0.4 is 10.2 Å². The first kappa shape index (κ1) is 26.5. The van der Waals surface area contributed by atoms with Crippen LogP contribution >= 0.6 is 0 Å². The number of hydrogen-bond donors (Lipinski definition) is 1. The molecule has 1 unspecified atom stereocenters. The molecule has 1 atom stereocenters. The molecule has 3 aliphatic rings. The van der Waals surface area contributed by atoms with Gasteiger partial charge in [-0.05, 0) is 67.0 Å². The average Bonchev–Trinajstić information content (AvgIpc) is 2.90. The molecular formula is C29H27F3N4O3. The molecule has 1 N–H and O–H groups in total. The van der Waals surface area contributed by atoms with Gasteiger partial charge in [0.1, 0.15) is 0 Å². The second-order valence-electron chi connectivity index (χ2n) is 10.6. The Balaban J connectivity index is 1.65. The molecule has 5 rings (SSSR count). The lowest BCUT2D eigenvalue weighted by Gasteiger charge is -2.45. The van der Waals surface area contributed by atoms with Gasteiger partial charge in [-0.25, -0.2) is 14.5 Å². The molecule has 1 fully saturated rings. The van der Waals surface area contributed by atoms with E-state index in [0.29, 0.717) is 29.8 Å². The lowest BCUT2D eigenvalue weighted by Crippen LogP contribution is -2.57. The van der Waals surface area contributed by atoms with Crippen LogP contribution in [0.25, 0.3) is 0 Å². The van der Waals surface area contributed by atoms with E-state index in [4.69, 9.17) is 0 Å². The van der Waals surface area contributed by atoms with Gasteiger partial charge in [0, 0.05) is 24.2 Å². The summed E-state index contributed by atoms with van der Waals surface area (Å²) in [5, 5.41) is 12.1. The fourth-order valence-corrected chi connectivity index (χ4v) is 5.53. The second kappa shape index (κ2) is 9.88. The van der Waals surface area contributed by atoms with Crippen molar-refractivity contribution in [2.24, 2.45) is 5.41 Å². The molecule has 10 heteroatoms. The number of carbonyl (C=O) groups is 3. The number of urea groups is 2. The minimum Gasteiger partial charge on any atom is -0.337 e. The SMILES string of the molecule is CC1(CNC(=O)N2C(=O)N(c3cccc(C(F)(F)F)c3)C3=C(C(=O)CCC3)C2c2ccc(C#N)cc2)CCC1. The van der Waals surface area contributed by atoms with Crippen molar-refractivity contribution in [3.05, 3.63) is 76.5 Å². The Bertz CT molecular complexity index is 1400. The van der Waals surface area contributed by atoms with E-state index in [9.17, 15) is 32.8 Å². The van der Waals surface area contributed by atoms with Crippen LogP contribution in [0.15, 0.2) is 59.8 Å². The van der Waals surface area contributed by atoms with Gasteiger partial charge in [0.25, 0.3) is 0 Å². The number of anilines is 1. The number of alkyl halides is 3. The third kappa shape index (κ3) is 4.89. The van der Waals surface area contributed by atoms with Crippen LogP contribution in [0.5, 0.6) is 0 Å². The number of amides is 4. The summed E-state index contributed by atoms with van der Waals surface area (Å²) in [6, 6.07) is 9.96. The molecule has 7 nitrogen and oxygen atoms in total. The maximum absolute atomic E-state index is 14.1. The summed E-state index contributed by atoms with van der Waals surface area (Å²) in [5.41, 5.74) is 0.195. The number of rotatable bonds is 4. The van der Waals surface area contributed by atoms with Crippen molar-refractivity contribution >= 4 is 23.5 Å². The Labute approximate surface area is 223 Å². The van der Waals surface area contributed by atoms with Gasteiger partial charge in [0.05, 0.1) is 28.9 Å². The summed E-state index contributed by atoms with van der Waals surface area (Å²) in [5.74, 6) is -0.279. The van der Waals surface area contributed by atoms with Crippen LogP contribution in [0.2, 0.25) is 0 Å². The maximum atomic E-state index is 14.1. The molecule has 0 bridgehead atoms. The molecule has 2 aromatic rings. The third-order valence-corrected chi connectivity index (χ3v) is 7.86. The van der Waals surface area contributed by atoms with Gasteiger partial charge in [-0.2, -0.15) is 18.4 Å². The monoisotopic (exact) mass is 536 g/mol. The van der Waals surface area contributed by atoms with Gasteiger partial charge < -0.3 is 5.32 Å². The summed E-state index contributed by atoms with van der Waals surface area (Å²) in [7, 11) is 0. The van der Waals surface area contributed by atoms with Gasteiger partial charge in [0.2, 0.25) is 0 Å². The van der Waals surface area contributed by atoms with E-state index < -0.39 is 29.8 Å². The van der Waals surface area contributed by atoms with Crippen molar-refractivity contribution in [3.63, 3.8) is 0 Å². The number of Topliss-reactive ketones (excluding diaryl/α,β-unsaturated/α-hetero) is 1. The summed E-state index contributed by atoms with van der Waals surface area (Å²) >= 11 is 0. The molecule has 2 aromatic carbocycles. The standard InChI is InChI=1S/C29H27F3N4O3/c1-28(13-4-14-28)17-34-26(38)36-25(19-11-9-18(16-33)10-12-19)24-22(7-3-8-23(24)37)35(27(36)39)21-6-2-5-20(15-21)29(30,31)32/h2,5-6,9-12,15,25H,3-4,7-8,13-14,17H2,1H3,(H,34,38). The van der Waals surface area contributed by atoms with E-state index in [1.54, 1.807) is 12.1 Å². The zero-order valence-electron chi connectivity index (χ0n) is 21.3. The molecule has 4 amide bonds. The minimum atomic E-state index is -4.64. The van der Waals surface area contributed by atoms with Gasteiger partial charge in [-0.1, -0.05) is 31.5 Å². The number of carbonyl (C=O) groups excluding carboxylic acids is 3. The number of nitriles is 1. The molecule has 202 valence electrons. The molecule has 0 radical (unpaired) electrons. The fourth-order valence-electron chi connectivity index (χ4n) is 5.53. The van der Waals surface area contributed by atoms with Crippen LogP contribution in [0.4, 0.5) is 28.4 Å². The highest BCUT2D eigenvalue weighted by Gasteiger charge is 2.48. The Morgan fingerprint density at radius 3 is 2.44 bits per heavy atom. The van der Waals surface area contributed by atoms with Gasteiger partial charge in [0.15, 0.2) is 5.78 Å². The normalized spacial score (nSPS) is 20.7. The first-order chi connectivity index (χ1) is 18.5. The number of halogens is 3. The minimum absolute atomic E-state index is 0.0703. The van der Waals surface area contributed by atoms with Crippen molar-refractivity contribution < 1.29 is 27.6 Å². The molecule has 1 heterocycles. The Hall–Kier alpha value is -4.13. The summed E-state index contributed by atoms with van der Waals surface area (Å²) in [6.45, 7) is 2.35. The Kier molecular flexibility index (Phi) is 6.70. The average molecular weight is 537 g/mol. The molecular weight excluding hydrogens is 509 g/mol. The molecule has 2 aliphatic carbocycles. The van der Waals surface area contributed by atoms with E-state index in [1.165, 1.54) is 24.3 Å². The van der Waals surface area contributed by atoms with Crippen molar-refractivity contribution in [2.45, 2.75) is 57.7 Å². The zero-order valence-corrected chi connectivity index (χ0v) is 21.3. The van der Waals surface area contributed by atoms with Gasteiger partial charge in [-0.15, -0.1) is 0 Å². The number of allylic oxidation sites excluding steroid dienone is 1. The largest absolute Gasteiger partial charge is 0.416 e. The van der Waals surface area contributed by atoms with Crippen LogP contribution in [0, 0.1) is 16.7 Å². The number of nitrogens with zero attached hydrogens (tertiary/aromatic N) is 3. The van der Waals surface area contributed by atoms with Crippen molar-refractivity contribution in [3.8, 4) is 6.07 Å². The topological polar surface area (TPSA) is 93.5 Å². The second-order valence-corrected chi connectivity index (χ2v) is 10.6. The summed E-state index contributed by atoms with van der Waals surface area (Å²) in [4.78, 5) is 43.2. The van der Waals surface area contributed by atoms with E-state index >= 15 is 0 Å². The van der Waals surface area contributed by atoms with E-state index in [1.807, 2.05) is 13.0 Å². The molecule has 1 saturated carbocycles. The number of hydrogen-bond acceptors (Lipinski definition) is 4.